The van der Waals surface area contributed by atoms with Crippen LogP contribution in [-0.4, -0.2) is 82.4 Å². The minimum Gasteiger partial charge on any atom is -0.478 e. The van der Waals surface area contributed by atoms with Crippen molar-refractivity contribution < 1.29 is 30.0 Å². The van der Waals surface area contributed by atoms with Gasteiger partial charge in [-0.2, -0.15) is 0 Å². The summed E-state index contributed by atoms with van der Waals surface area (Å²) < 4.78 is 7.07. The maximum atomic E-state index is 11.3. The Kier molecular flexibility index (Phi) is 5.42. The third kappa shape index (κ3) is 3.68. The van der Waals surface area contributed by atoms with Gasteiger partial charge in [-0.1, -0.05) is 0 Å². The van der Waals surface area contributed by atoms with Crippen molar-refractivity contribution in [3.05, 3.63) is 48.2 Å². The number of rotatable bonds is 7. The van der Waals surface area contributed by atoms with Gasteiger partial charge in [0.25, 0.3) is 0 Å². The molecule has 4 aromatic rings. The van der Waals surface area contributed by atoms with Gasteiger partial charge in [0, 0.05) is 23.6 Å². The van der Waals surface area contributed by atoms with E-state index in [0.29, 0.717) is 29.9 Å². The monoisotopic (exact) mass is 454 g/mol. The molecule has 4 heterocycles. The Morgan fingerprint density at radius 1 is 1.21 bits per heavy atom. The molecule has 0 radical (unpaired) electrons. The summed E-state index contributed by atoms with van der Waals surface area (Å²) in [5.41, 5.74) is 2.91. The Morgan fingerprint density at radius 3 is 2.82 bits per heavy atom. The molecule has 1 saturated heterocycles. The number of fused-ring (bicyclic) bond motifs is 2. The number of carboxylic acids is 1. The van der Waals surface area contributed by atoms with Crippen molar-refractivity contribution in [2.45, 2.75) is 31.0 Å². The van der Waals surface area contributed by atoms with E-state index in [1.807, 2.05) is 6.20 Å². The van der Waals surface area contributed by atoms with Crippen molar-refractivity contribution in [3.8, 4) is 0 Å². The molecule has 33 heavy (non-hydrogen) atoms. The first-order chi connectivity index (χ1) is 16.0. The van der Waals surface area contributed by atoms with E-state index in [9.17, 15) is 25.2 Å². The van der Waals surface area contributed by atoms with Gasteiger partial charge in [0.05, 0.1) is 18.5 Å². The first-order valence-corrected chi connectivity index (χ1v) is 10.3. The summed E-state index contributed by atoms with van der Waals surface area (Å²) in [5, 5.41) is 43.0. The molecule has 4 atom stereocenters. The number of anilines is 1. The molecule has 0 bridgehead atoms. The Labute approximate surface area is 186 Å². The number of carboxylic acid groups (broad SMARTS) is 1. The van der Waals surface area contributed by atoms with Gasteiger partial charge in [-0.25, -0.2) is 19.7 Å². The molecule has 12 heteroatoms. The highest BCUT2D eigenvalue weighted by atomic mass is 16.6. The molecule has 172 valence electrons. The van der Waals surface area contributed by atoms with E-state index in [1.165, 1.54) is 17.2 Å². The quantitative estimate of drug-likeness (QED) is 0.227. The molecule has 0 amide bonds. The van der Waals surface area contributed by atoms with Crippen molar-refractivity contribution in [3.63, 3.8) is 0 Å². The summed E-state index contributed by atoms with van der Waals surface area (Å²) in [6.45, 7) is 0.0714. The van der Waals surface area contributed by atoms with Crippen LogP contribution in [0.2, 0.25) is 0 Å². The SMILES string of the molecule is O=C(O)c1ccc2[nH]cc(CCNc3ncnc4c3ncn4[C@@H]3O[C@H](CO)[C@@H](O)[C@H]3O)c2c1. The second-order valence-corrected chi connectivity index (χ2v) is 7.83. The summed E-state index contributed by atoms with van der Waals surface area (Å²) in [4.78, 5) is 27.2. The lowest BCUT2D eigenvalue weighted by atomic mass is 10.1. The molecule has 1 fully saturated rings. The predicted molar refractivity (Wildman–Crippen MR) is 116 cm³/mol. The van der Waals surface area contributed by atoms with Crippen LogP contribution in [0.25, 0.3) is 22.1 Å². The number of aliphatic hydroxyl groups is 3. The third-order valence-corrected chi connectivity index (χ3v) is 5.85. The van der Waals surface area contributed by atoms with Crippen LogP contribution >= 0.6 is 0 Å². The average molecular weight is 454 g/mol. The Balaban J connectivity index is 1.34. The predicted octanol–water partition coefficient (Wildman–Crippen LogP) is 0.272. The van der Waals surface area contributed by atoms with Crippen LogP contribution in [0.15, 0.2) is 37.1 Å². The van der Waals surface area contributed by atoms with E-state index >= 15 is 0 Å². The molecule has 3 aromatic heterocycles. The number of H-pyrrole nitrogens is 1. The Bertz CT molecular complexity index is 1320. The smallest absolute Gasteiger partial charge is 0.335 e. The van der Waals surface area contributed by atoms with Gasteiger partial charge >= 0.3 is 5.97 Å². The number of aromatic nitrogens is 5. The minimum atomic E-state index is -1.25. The van der Waals surface area contributed by atoms with Crippen molar-refractivity contribution in [2.75, 3.05) is 18.5 Å². The van der Waals surface area contributed by atoms with Crippen LogP contribution in [0.1, 0.15) is 22.1 Å². The highest BCUT2D eigenvalue weighted by Crippen LogP contribution is 2.32. The van der Waals surface area contributed by atoms with E-state index in [2.05, 4.69) is 25.3 Å². The number of aromatic carboxylic acids is 1. The number of ether oxygens (including phenoxy) is 1. The number of aliphatic hydroxyl groups excluding tert-OH is 3. The van der Waals surface area contributed by atoms with Crippen molar-refractivity contribution in [1.29, 1.82) is 0 Å². The molecular formula is C21H22N6O6. The summed E-state index contributed by atoms with van der Waals surface area (Å²) in [7, 11) is 0. The average Bonchev–Trinajstić information content (AvgIpc) is 3.50. The Morgan fingerprint density at radius 2 is 2.06 bits per heavy atom. The molecular weight excluding hydrogens is 432 g/mol. The standard InChI is InChI=1S/C21H22N6O6/c28-7-14-16(29)17(30)20(33-14)27-9-26-15-18(24-8-25-19(15)27)22-4-3-11-6-23-13-2-1-10(21(31)32)5-12(11)13/h1-2,5-6,8-9,14,16-17,20,23,28-30H,3-4,7H2,(H,31,32)(H,22,24,25)/t14-,16-,17-,20-/m1/s1. The second-order valence-electron chi connectivity index (χ2n) is 7.83. The molecule has 1 aliphatic rings. The third-order valence-electron chi connectivity index (χ3n) is 5.85. The molecule has 1 aromatic carbocycles. The second kappa shape index (κ2) is 8.41. The maximum Gasteiger partial charge on any atom is 0.335 e. The molecule has 1 aliphatic heterocycles. The van der Waals surface area contributed by atoms with Crippen LogP contribution in [0.4, 0.5) is 5.82 Å². The zero-order valence-corrected chi connectivity index (χ0v) is 17.3. The number of aromatic amines is 1. The zero-order chi connectivity index (χ0) is 23.1. The number of hydrogen-bond acceptors (Lipinski definition) is 9. The highest BCUT2D eigenvalue weighted by molar-refractivity contribution is 5.94. The van der Waals surface area contributed by atoms with Gasteiger partial charge in [-0.3, -0.25) is 4.57 Å². The molecule has 0 saturated carbocycles. The Hall–Kier alpha value is -3.58. The number of nitrogens with one attached hydrogen (secondary N) is 2. The molecule has 0 spiro atoms. The van der Waals surface area contributed by atoms with Gasteiger partial charge < -0.3 is 35.5 Å². The van der Waals surface area contributed by atoms with Crippen molar-refractivity contribution >= 4 is 33.9 Å². The zero-order valence-electron chi connectivity index (χ0n) is 17.3. The fraction of sp³-hybridized carbons (Fsp3) is 0.333. The van der Waals surface area contributed by atoms with Crippen molar-refractivity contribution in [1.82, 2.24) is 24.5 Å². The van der Waals surface area contributed by atoms with E-state index in [-0.39, 0.29) is 5.56 Å². The summed E-state index contributed by atoms with van der Waals surface area (Å²) in [6.07, 6.45) is 0.929. The normalized spacial score (nSPS) is 22.9. The lowest BCUT2D eigenvalue weighted by Gasteiger charge is -2.16. The fourth-order valence-electron chi connectivity index (χ4n) is 4.11. The van der Waals surface area contributed by atoms with Crippen LogP contribution in [0.5, 0.6) is 0 Å². The van der Waals surface area contributed by atoms with Crippen LogP contribution in [0, 0.1) is 0 Å². The molecule has 12 nitrogen and oxygen atoms in total. The van der Waals surface area contributed by atoms with E-state index in [4.69, 9.17) is 4.74 Å². The summed E-state index contributed by atoms with van der Waals surface area (Å²) in [6, 6.07) is 4.95. The fourth-order valence-corrected chi connectivity index (χ4v) is 4.11. The van der Waals surface area contributed by atoms with Crippen LogP contribution in [0.3, 0.4) is 0 Å². The first-order valence-electron chi connectivity index (χ1n) is 10.3. The number of imidazole rings is 1. The van der Waals surface area contributed by atoms with Crippen molar-refractivity contribution in [2.24, 2.45) is 0 Å². The first kappa shape index (κ1) is 21.3. The largest absolute Gasteiger partial charge is 0.478 e. The summed E-state index contributed by atoms with van der Waals surface area (Å²) in [5.74, 6) is -0.494. The molecule has 6 N–H and O–H groups in total. The van der Waals surface area contributed by atoms with Gasteiger partial charge in [0.15, 0.2) is 23.2 Å². The van der Waals surface area contributed by atoms with E-state index in [0.717, 1.165) is 16.5 Å². The molecule has 0 unspecified atom stereocenters. The lowest BCUT2D eigenvalue weighted by Crippen LogP contribution is -2.33. The number of benzene rings is 1. The number of carbonyl (C=O) groups is 1. The van der Waals surface area contributed by atoms with Crippen LogP contribution in [-0.2, 0) is 11.2 Å². The van der Waals surface area contributed by atoms with Gasteiger partial charge in [0.2, 0.25) is 0 Å². The number of hydrogen-bond donors (Lipinski definition) is 6. The maximum absolute atomic E-state index is 11.3. The topological polar surface area (TPSA) is 179 Å². The number of nitrogens with zero attached hydrogens (tertiary/aromatic N) is 4. The summed E-state index contributed by atoms with van der Waals surface area (Å²) >= 11 is 0. The van der Waals surface area contributed by atoms with Gasteiger partial charge in [-0.15, -0.1) is 0 Å². The molecule has 5 rings (SSSR count). The van der Waals surface area contributed by atoms with Gasteiger partial charge in [-0.05, 0) is 30.2 Å². The minimum absolute atomic E-state index is 0.226. The van der Waals surface area contributed by atoms with Gasteiger partial charge in [0.1, 0.15) is 24.6 Å². The van der Waals surface area contributed by atoms with Crippen LogP contribution < -0.4 is 5.32 Å². The lowest BCUT2D eigenvalue weighted by molar-refractivity contribution is -0.0511. The van der Waals surface area contributed by atoms with E-state index < -0.39 is 37.1 Å². The highest BCUT2D eigenvalue weighted by Gasteiger charge is 2.44. The van der Waals surface area contributed by atoms with E-state index in [1.54, 1.807) is 18.2 Å². The molecule has 0 aliphatic carbocycles.